The van der Waals surface area contributed by atoms with Crippen LogP contribution in [0, 0.1) is 5.41 Å². The van der Waals surface area contributed by atoms with Gasteiger partial charge < -0.3 is 20.5 Å². The summed E-state index contributed by atoms with van der Waals surface area (Å²) < 4.78 is 10.5. The predicted octanol–water partition coefficient (Wildman–Crippen LogP) is 1.02. The van der Waals surface area contributed by atoms with Crippen LogP contribution in [0.5, 0.6) is 11.5 Å². The van der Waals surface area contributed by atoms with Crippen molar-refractivity contribution < 1.29 is 23.9 Å². The molecule has 1 saturated heterocycles. The summed E-state index contributed by atoms with van der Waals surface area (Å²) in [6, 6.07) is 11.3. The Hall–Kier alpha value is -4.87. The Balaban J connectivity index is 1.84. The summed E-state index contributed by atoms with van der Waals surface area (Å²) in [6.45, 7) is 0. The molecule has 12 heteroatoms. The second-order valence-electron chi connectivity index (χ2n) is 8.38. The zero-order valence-electron chi connectivity index (χ0n) is 19.2. The number of H-pyrrole nitrogens is 1. The minimum absolute atomic E-state index is 0.0266. The quantitative estimate of drug-likeness (QED) is 0.334. The number of benzene rings is 2. The third-order valence-electron chi connectivity index (χ3n) is 6.56. The molecule has 2 aliphatic heterocycles. The Morgan fingerprint density at radius 3 is 1.89 bits per heavy atom. The summed E-state index contributed by atoms with van der Waals surface area (Å²) in [4.78, 5) is 59.6. The second-order valence-corrected chi connectivity index (χ2v) is 8.38. The van der Waals surface area contributed by atoms with Gasteiger partial charge in [0.25, 0.3) is 5.56 Å². The minimum Gasteiger partial charge on any atom is -0.497 e. The first kappa shape index (κ1) is 22.9. The average Bonchev–Trinajstić information content (AvgIpc) is 2.86. The highest BCUT2D eigenvalue weighted by atomic mass is 16.5. The lowest BCUT2D eigenvalue weighted by molar-refractivity contribution is -0.147. The van der Waals surface area contributed by atoms with Gasteiger partial charge in [0.1, 0.15) is 17.3 Å². The van der Waals surface area contributed by atoms with E-state index in [0.717, 1.165) is 0 Å². The average molecular weight is 490 g/mol. The van der Waals surface area contributed by atoms with E-state index < -0.39 is 40.8 Å². The summed E-state index contributed by atoms with van der Waals surface area (Å²) in [5.74, 6) is -1.83. The molecule has 3 heterocycles. The normalized spacial score (nSPS) is 20.1. The van der Waals surface area contributed by atoms with E-state index in [9.17, 15) is 19.2 Å². The first-order valence-corrected chi connectivity index (χ1v) is 10.9. The van der Waals surface area contributed by atoms with Gasteiger partial charge in [-0.1, -0.05) is 24.3 Å². The zero-order chi connectivity index (χ0) is 25.6. The van der Waals surface area contributed by atoms with E-state index in [0.29, 0.717) is 22.6 Å². The first-order chi connectivity index (χ1) is 17.3. The van der Waals surface area contributed by atoms with Crippen molar-refractivity contribution in [3.63, 3.8) is 0 Å². The van der Waals surface area contributed by atoms with E-state index in [1.54, 1.807) is 48.5 Å². The van der Waals surface area contributed by atoms with Crippen LogP contribution >= 0.6 is 0 Å². The number of nitrogens with one attached hydrogen (secondary N) is 4. The van der Waals surface area contributed by atoms with Gasteiger partial charge in [0.2, 0.25) is 17.8 Å². The van der Waals surface area contributed by atoms with Crippen LogP contribution in [0.15, 0.2) is 53.3 Å². The highest BCUT2D eigenvalue weighted by Crippen LogP contribution is 2.55. The largest absolute Gasteiger partial charge is 0.497 e. The van der Waals surface area contributed by atoms with Gasteiger partial charge in [-0.05, 0) is 35.4 Å². The zero-order valence-corrected chi connectivity index (χ0v) is 19.2. The Kier molecular flexibility index (Phi) is 5.35. The van der Waals surface area contributed by atoms with Gasteiger partial charge in [0, 0.05) is 5.92 Å². The number of fused-ring (bicyclic) bond motifs is 1. The molecule has 1 fully saturated rings. The Labute approximate surface area is 204 Å². The number of methoxy groups -OCH3 is 2. The number of barbiturate groups is 1. The van der Waals surface area contributed by atoms with Gasteiger partial charge in [0.15, 0.2) is 5.41 Å². The fourth-order valence-electron chi connectivity index (χ4n) is 4.96. The molecule has 1 spiro atoms. The number of aromatic nitrogens is 2. The fourth-order valence-corrected chi connectivity index (χ4v) is 4.96. The van der Waals surface area contributed by atoms with Crippen LogP contribution < -0.4 is 36.7 Å². The molecule has 0 bridgehead atoms. The molecule has 36 heavy (non-hydrogen) atoms. The van der Waals surface area contributed by atoms with Crippen LogP contribution in [0.2, 0.25) is 0 Å². The standard InChI is InChI=1S/C24H22N6O6/c1-35-13-7-3-11(4-8-13)16-15-18(27-22(25)28-19(15)31)26-17(12-5-9-14(36-2)10-6-12)24(16)20(32)29-23(34)30-21(24)33/h3-10,16-17H,1-2H3,(H4,25,26,27,28,31)(H2,29,30,32,33,34). The van der Waals surface area contributed by atoms with Crippen LogP contribution in [0.4, 0.5) is 16.6 Å². The van der Waals surface area contributed by atoms with Gasteiger partial charge in [-0.2, -0.15) is 4.98 Å². The van der Waals surface area contributed by atoms with Gasteiger partial charge in [-0.25, -0.2) is 4.79 Å². The highest BCUT2D eigenvalue weighted by molar-refractivity contribution is 6.21. The summed E-state index contributed by atoms with van der Waals surface area (Å²) in [5, 5.41) is 7.52. The molecule has 12 nitrogen and oxygen atoms in total. The molecule has 2 unspecified atom stereocenters. The van der Waals surface area contributed by atoms with E-state index in [2.05, 4.69) is 25.9 Å². The third-order valence-corrected chi connectivity index (χ3v) is 6.56. The molecule has 2 aliphatic rings. The lowest BCUT2D eigenvalue weighted by atomic mass is 9.59. The van der Waals surface area contributed by atoms with Crippen molar-refractivity contribution in [1.29, 1.82) is 0 Å². The van der Waals surface area contributed by atoms with Crippen molar-refractivity contribution in [2.75, 3.05) is 25.3 Å². The fraction of sp³-hybridized carbons (Fsp3) is 0.208. The van der Waals surface area contributed by atoms with Crippen LogP contribution in [0.25, 0.3) is 0 Å². The van der Waals surface area contributed by atoms with Crippen molar-refractivity contribution in [2.24, 2.45) is 5.41 Å². The third kappa shape index (κ3) is 3.34. The smallest absolute Gasteiger partial charge is 0.328 e. The van der Waals surface area contributed by atoms with Crippen molar-refractivity contribution >= 4 is 29.6 Å². The molecule has 184 valence electrons. The highest BCUT2D eigenvalue weighted by Gasteiger charge is 2.65. The lowest BCUT2D eigenvalue weighted by Crippen LogP contribution is -2.68. The molecular formula is C24H22N6O6. The van der Waals surface area contributed by atoms with Gasteiger partial charge in [-0.15, -0.1) is 0 Å². The maximum atomic E-state index is 13.8. The van der Waals surface area contributed by atoms with E-state index in [-0.39, 0.29) is 17.3 Å². The van der Waals surface area contributed by atoms with E-state index in [1.807, 2.05) is 0 Å². The summed E-state index contributed by atoms with van der Waals surface area (Å²) in [7, 11) is 3.01. The number of rotatable bonds is 4. The molecule has 4 amide bonds. The Morgan fingerprint density at radius 1 is 0.833 bits per heavy atom. The van der Waals surface area contributed by atoms with Crippen LogP contribution in [-0.2, 0) is 9.59 Å². The van der Waals surface area contributed by atoms with Crippen molar-refractivity contribution in [3.8, 4) is 11.5 Å². The van der Waals surface area contributed by atoms with Gasteiger partial charge in [-0.3, -0.25) is 30.0 Å². The number of nitrogen functional groups attached to an aromatic ring is 1. The Morgan fingerprint density at radius 2 is 1.36 bits per heavy atom. The van der Waals surface area contributed by atoms with Crippen LogP contribution in [0.1, 0.15) is 28.7 Å². The molecular weight excluding hydrogens is 468 g/mol. The molecule has 6 N–H and O–H groups in total. The number of imide groups is 2. The van der Waals surface area contributed by atoms with Gasteiger partial charge >= 0.3 is 6.03 Å². The number of amides is 4. The summed E-state index contributed by atoms with van der Waals surface area (Å²) >= 11 is 0. The summed E-state index contributed by atoms with van der Waals surface area (Å²) in [5.41, 5.74) is 4.19. The SMILES string of the molecule is COc1ccc(C2Nc3nc(N)[nH]c(=O)c3C(c3ccc(OC)cc3)C23C(=O)NC(=O)NC3=O)cc1. The molecule has 1 aromatic heterocycles. The molecule has 3 aromatic rings. The molecule has 0 saturated carbocycles. The van der Waals surface area contributed by atoms with E-state index in [1.165, 1.54) is 14.2 Å². The van der Waals surface area contributed by atoms with Crippen molar-refractivity contribution in [1.82, 2.24) is 20.6 Å². The van der Waals surface area contributed by atoms with Crippen LogP contribution in [0.3, 0.4) is 0 Å². The maximum Gasteiger partial charge on any atom is 0.328 e. The van der Waals surface area contributed by atoms with E-state index >= 15 is 0 Å². The number of aromatic amines is 1. The number of anilines is 2. The van der Waals surface area contributed by atoms with Crippen LogP contribution in [-0.4, -0.2) is 42.0 Å². The minimum atomic E-state index is -2.01. The number of ether oxygens (including phenoxy) is 2. The predicted molar refractivity (Wildman–Crippen MR) is 128 cm³/mol. The topological polar surface area (TPSA) is 178 Å². The number of carbonyl (C=O) groups is 3. The van der Waals surface area contributed by atoms with E-state index in [4.69, 9.17) is 15.2 Å². The monoisotopic (exact) mass is 490 g/mol. The second kappa shape index (κ2) is 8.41. The molecule has 2 atom stereocenters. The molecule has 5 rings (SSSR count). The van der Waals surface area contributed by atoms with Gasteiger partial charge in [0.05, 0.1) is 25.8 Å². The number of hydrogen-bond acceptors (Lipinski definition) is 9. The molecule has 0 aliphatic carbocycles. The number of nitrogens with zero attached hydrogens (tertiary/aromatic N) is 1. The summed E-state index contributed by atoms with van der Waals surface area (Å²) in [6.07, 6.45) is 0. The number of carbonyl (C=O) groups excluding carboxylic acids is 3. The number of urea groups is 1. The number of nitrogens with two attached hydrogens (primary N) is 1. The van der Waals surface area contributed by atoms with Crippen molar-refractivity contribution in [2.45, 2.75) is 12.0 Å². The maximum absolute atomic E-state index is 13.8. The lowest BCUT2D eigenvalue weighted by Gasteiger charge is -2.48. The van der Waals surface area contributed by atoms with Crippen molar-refractivity contribution in [3.05, 3.63) is 75.6 Å². The molecule has 0 radical (unpaired) electrons. The molecule has 2 aromatic carbocycles. The first-order valence-electron chi connectivity index (χ1n) is 10.9. The Bertz CT molecular complexity index is 1410. The number of hydrogen-bond donors (Lipinski definition) is 5.